The van der Waals surface area contributed by atoms with Crippen LogP contribution in [0.1, 0.15) is 114 Å². The van der Waals surface area contributed by atoms with Crippen LogP contribution in [0.4, 0.5) is 0 Å². The molecule has 2 heterocycles. The first-order valence-corrected chi connectivity index (χ1v) is 22.0. The average Bonchev–Trinajstić information content (AvgIpc) is 3.96. The average molecular weight is 891 g/mol. The van der Waals surface area contributed by atoms with Crippen LogP contribution in [0.5, 0.6) is 63.2 Å². The van der Waals surface area contributed by atoms with Crippen LogP contribution in [0.2, 0.25) is 0 Å². The summed E-state index contributed by atoms with van der Waals surface area (Å²) in [7, 11) is 0. The minimum atomic E-state index is -0.741. The van der Waals surface area contributed by atoms with Gasteiger partial charge in [-0.3, -0.25) is 0 Å². The van der Waals surface area contributed by atoms with E-state index in [0.717, 1.165) is 38.9 Å². The lowest BCUT2D eigenvalue weighted by atomic mass is 9.68. The predicted molar refractivity (Wildman–Crippen MR) is 246 cm³/mol. The van der Waals surface area contributed by atoms with Gasteiger partial charge in [0.25, 0.3) is 0 Å². The highest BCUT2D eigenvalue weighted by Crippen LogP contribution is 2.71. The molecule has 332 valence electrons. The Labute approximate surface area is 383 Å². The van der Waals surface area contributed by atoms with E-state index in [-0.39, 0.29) is 51.7 Å². The molecular weight excluding hydrogens is 849 g/mol. The summed E-state index contributed by atoms with van der Waals surface area (Å²) in [5.74, 6) is -3.32. The summed E-state index contributed by atoms with van der Waals surface area (Å²) in [6.45, 7) is 0. The molecule has 11 heteroatoms. The summed E-state index contributed by atoms with van der Waals surface area (Å²) in [5.41, 5.74) is 8.30. The maximum atomic E-state index is 12.8. The number of hydrogen-bond acceptors (Lipinski definition) is 11. The first-order valence-electron chi connectivity index (χ1n) is 22.0. The van der Waals surface area contributed by atoms with E-state index in [1.807, 2.05) is 42.5 Å². The van der Waals surface area contributed by atoms with Crippen LogP contribution in [-0.2, 0) is 0 Å². The SMILES string of the molecule is Oc1ccc([C@H]2c3c(O)cc(O)cc3C3c4c(cc(O)c5c4C2[C@H](c2ccc(O)cc2)[C@H]5c2cccc4c2[C@H](c2cc(O)cc(O)c2)[C@@H](c2ccc(O)cc2)O4)O[C@@H]3c2ccc(O)cc2)cc1. The van der Waals surface area contributed by atoms with Gasteiger partial charge in [-0.1, -0.05) is 60.7 Å². The number of benzene rings is 8. The largest absolute Gasteiger partial charge is 0.508 e. The molecular formula is C56H42O11. The molecule has 0 aromatic heterocycles. The highest BCUT2D eigenvalue weighted by molar-refractivity contribution is 5.73. The standard InChI is InChI=1S/C56H42O11/c57-31-12-4-26(5-13-31)44-47-39(23-37(63)24-40(47)64)50-52-43(67-56(50)29-10-18-34(60)19-11-29)25-41(65)51-49(45(53(44)54(51)52)27-6-14-32(58)15-7-27)38-2-1-3-42-48(38)46(30-20-35(61)22-36(62)21-30)55(66-42)28-8-16-33(59)17-9-28/h1-25,44-46,49-50,53,55-65H/t44-,45+,46-,49+,50?,53?,55+,56+/m0/s1. The summed E-state index contributed by atoms with van der Waals surface area (Å²) < 4.78 is 13.8. The molecule has 0 radical (unpaired) electrons. The summed E-state index contributed by atoms with van der Waals surface area (Å²) in [6.07, 6.45) is -1.44. The van der Waals surface area contributed by atoms with Crippen LogP contribution in [0.25, 0.3) is 0 Å². The topological polar surface area (TPSA) is 201 Å². The van der Waals surface area contributed by atoms with Gasteiger partial charge in [0.15, 0.2) is 0 Å². The molecule has 8 atom stereocenters. The van der Waals surface area contributed by atoms with Gasteiger partial charge < -0.3 is 55.4 Å². The zero-order valence-electron chi connectivity index (χ0n) is 35.4. The Hall–Kier alpha value is -8.44. The Balaban J connectivity index is 1.19. The zero-order valence-corrected chi connectivity index (χ0v) is 35.4. The van der Waals surface area contributed by atoms with Crippen LogP contribution >= 0.6 is 0 Å². The molecule has 0 spiro atoms. The van der Waals surface area contributed by atoms with Crippen molar-refractivity contribution in [2.24, 2.45) is 0 Å². The molecule has 8 aromatic rings. The molecule has 0 fully saturated rings. The van der Waals surface area contributed by atoms with Crippen molar-refractivity contribution >= 4 is 0 Å². The number of fused-ring (bicyclic) bond motifs is 3. The number of phenols is 9. The molecule has 8 aromatic carbocycles. The highest BCUT2D eigenvalue weighted by atomic mass is 16.5. The summed E-state index contributed by atoms with van der Waals surface area (Å²) in [5, 5.41) is 101. The van der Waals surface area contributed by atoms with Crippen LogP contribution < -0.4 is 9.47 Å². The van der Waals surface area contributed by atoms with Gasteiger partial charge in [-0.25, -0.2) is 0 Å². The van der Waals surface area contributed by atoms with E-state index >= 15 is 0 Å². The summed E-state index contributed by atoms with van der Waals surface area (Å²) in [4.78, 5) is 0. The molecule has 9 N–H and O–H groups in total. The van der Waals surface area contributed by atoms with E-state index in [2.05, 4.69) is 0 Å². The first-order chi connectivity index (χ1) is 32.4. The molecule has 11 nitrogen and oxygen atoms in total. The van der Waals surface area contributed by atoms with Crippen molar-refractivity contribution in [1.82, 2.24) is 0 Å². The first kappa shape index (κ1) is 40.1. The molecule has 67 heavy (non-hydrogen) atoms. The molecule has 2 unspecified atom stereocenters. The third-order valence-electron chi connectivity index (χ3n) is 14.4. The Bertz CT molecular complexity index is 3250. The lowest BCUT2D eigenvalue weighted by Crippen LogP contribution is -2.21. The second kappa shape index (κ2) is 14.8. The molecule has 0 saturated heterocycles. The van der Waals surface area contributed by atoms with Gasteiger partial charge in [-0.05, 0) is 117 Å². The lowest BCUT2D eigenvalue weighted by molar-refractivity contribution is 0.221. The molecule has 12 rings (SSSR count). The number of rotatable bonds is 6. The van der Waals surface area contributed by atoms with Crippen LogP contribution in [0, 0.1) is 0 Å². The van der Waals surface area contributed by atoms with Gasteiger partial charge in [0.2, 0.25) is 0 Å². The van der Waals surface area contributed by atoms with E-state index in [0.29, 0.717) is 39.3 Å². The quantitative estimate of drug-likeness (QED) is 0.0769. The number of hydrogen-bond donors (Lipinski definition) is 9. The van der Waals surface area contributed by atoms with E-state index < -0.39 is 47.7 Å². The number of ether oxygens (including phenoxy) is 2. The smallest absolute Gasteiger partial charge is 0.135 e. The number of aromatic hydroxyl groups is 9. The third kappa shape index (κ3) is 6.18. The monoisotopic (exact) mass is 890 g/mol. The Morgan fingerprint density at radius 2 is 0.791 bits per heavy atom. The third-order valence-corrected chi connectivity index (χ3v) is 14.4. The van der Waals surface area contributed by atoms with Crippen molar-refractivity contribution in [2.45, 2.75) is 47.7 Å². The molecule has 0 bridgehead atoms. The summed E-state index contributed by atoms with van der Waals surface area (Å²) >= 11 is 0. The highest BCUT2D eigenvalue weighted by Gasteiger charge is 2.57. The van der Waals surface area contributed by atoms with Crippen molar-refractivity contribution in [3.63, 3.8) is 0 Å². The maximum absolute atomic E-state index is 12.8. The van der Waals surface area contributed by atoms with Crippen molar-refractivity contribution < 1.29 is 55.4 Å². The van der Waals surface area contributed by atoms with Gasteiger partial charge in [-0.2, -0.15) is 0 Å². The maximum Gasteiger partial charge on any atom is 0.135 e. The second-order valence-corrected chi connectivity index (χ2v) is 18.0. The van der Waals surface area contributed by atoms with E-state index in [4.69, 9.17) is 9.47 Å². The molecule has 2 aliphatic carbocycles. The van der Waals surface area contributed by atoms with Crippen molar-refractivity contribution in [2.75, 3.05) is 0 Å². The van der Waals surface area contributed by atoms with E-state index in [1.54, 1.807) is 97.1 Å². The Morgan fingerprint density at radius 1 is 0.284 bits per heavy atom. The van der Waals surface area contributed by atoms with Crippen LogP contribution in [0.15, 0.2) is 152 Å². The molecule has 2 aliphatic heterocycles. The predicted octanol–water partition coefficient (Wildman–Crippen LogP) is 10.7. The minimum Gasteiger partial charge on any atom is -0.508 e. The molecule has 0 amide bonds. The van der Waals surface area contributed by atoms with Gasteiger partial charge in [0.05, 0.1) is 11.8 Å². The Kier molecular flexibility index (Phi) is 8.85. The fraction of sp³-hybridized carbons (Fsp3) is 0.143. The van der Waals surface area contributed by atoms with Crippen molar-refractivity contribution in [1.29, 1.82) is 0 Å². The van der Waals surface area contributed by atoms with Crippen LogP contribution in [-0.4, -0.2) is 46.0 Å². The fourth-order valence-corrected chi connectivity index (χ4v) is 11.9. The van der Waals surface area contributed by atoms with E-state index in [1.165, 1.54) is 12.1 Å². The van der Waals surface area contributed by atoms with Gasteiger partial charge in [-0.15, -0.1) is 0 Å². The van der Waals surface area contributed by atoms with Crippen LogP contribution in [0.3, 0.4) is 0 Å². The van der Waals surface area contributed by atoms with Crippen molar-refractivity contribution in [3.8, 4) is 63.2 Å². The van der Waals surface area contributed by atoms with Gasteiger partial charge >= 0.3 is 0 Å². The molecule has 0 saturated carbocycles. The molecule has 4 aliphatic rings. The second-order valence-electron chi connectivity index (χ2n) is 18.0. The zero-order chi connectivity index (χ0) is 46.0. The summed E-state index contributed by atoms with van der Waals surface area (Å²) in [6, 6.07) is 42.1. The normalized spacial score (nSPS) is 22.8. The fourth-order valence-electron chi connectivity index (χ4n) is 11.9. The number of phenolic OH excluding ortho intramolecular Hbond substituents is 9. The lowest BCUT2D eigenvalue weighted by Gasteiger charge is -2.34. The van der Waals surface area contributed by atoms with Gasteiger partial charge in [0, 0.05) is 64.1 Å². The van der Waals surface area contributed by atoms with Gasteiger partial charge in [0.1, 0.15) is 75.5 Å². The van der Waals surface area contributed by atoms with Crippen molar-refractivity contribution in [3.05, 3.63) is 218 Å². The Morgan fingerprint density at radius 3 is 1.39 bits per heavy atom. The van der Waals surface area contributed by atoms with E-state index in [9.17, 15) is 46.0 Å². The minimum absolute atomic E-state index is 0.0415.